The van der Waals surface area contributed by atoms with Gasteiger partial charge in [0.2, 0.25) is 5.95 Å². The zero-order valence-corrected chi connectivity index (χ0v) is 12.3. The second kappa shape index (κ2) is 5.53. The monoisotopic (exact) mass is 282 g/mol. The number of fused-ring (bicyclic) bond motifs is 1. The van der Waals surface area contributed by atoms with E-state index in [0.717, 1.165) is 11.6 Å². The van der Waals surface area contributed by atoms with Gasteiger partial charge in [-0.3, -0.25) is 4.90 Å². The third-order valence-electron chi connectivity index (χ3n) is 4.88. The summed E-state index contributed by atoms with van der Waals surface area (Å²) in [5.74, 6) is 0.971. The first-order valence-corrected chi connectivity index (χ1v) is 8.01. The third-order valence-corrected chi connectivity index (χ3v) is 4.88. The van der Waals surface area contributed by atoms with E-state index in [4.69, 9.17) is 0 Å². The number of aromatic nitrogens is 2. The Morgan fingerprint density at radius 3 is 2.81 bits per heavy atom. The van der Waals surface area contributed by atoms with Gasteiger partial charge in [-0.05, 0) is 37.9 Å². The second-order valence-electron chi connectivity index (χ2n) is 6.10. The van der Waals surface area contributed by atoms with Crippen LogP contribution < -0.4 is 5.32 Å². The van der Waals surface area contributed by atoms with Gasteiger partial charge in [0.1, 0.15) is 0 Å². The number of hydrogen-bond donors (Lipinski definition) is 1. The Balaban J connectivity index is 1.57. The molecule has 0 radical (unpaired) electrons. The Morgan fingerprint density at radius 2 is 1.90 bits per heavy atom. The van der Waals surface area contributed by atoms with Crippen molar-refractivity contribution in [2.24, 2.45) is 0 Å². The molecule has 2 unspecified atom stereocenters. The molecule has 4 rings (SSSR count). The molecule has 0 saturated carbocycles. The van der Waals surface area contributed by atoms with Crippen molar-refractivity contribution in [1.29, 1.82) is 0 Å². The van der Waals surface area contributed by atoms with Gasteiger partial charge in [-0.2, -0.15) is 0 Å². The normalized spacial score (nSPS) is 25.7. The van der Waals surface area contributed by atoms with Crippen LogP contribution in [0.15, 0.2) is 42.7 Å². The van der Waals surface area contributed by atoms with Gasteiger partial charge in [-0.25, -0.2) is 4.98 Å². The Labute approximate surface area is 125 Å². The van der Waals surface area contributed by atoms with Gasteiger partial charge in [0.25, 0.3) is 0 Å². The van der Waals surface area contributed by atoms with Crippen molar-refractivity contribution in [2.75, 3.05) is 18.4 Å². The lowest BCUT2D eigenvalue weighted by atomic mass is 9.99. The maximum atomic E-state index is 4.53. The predicted molar refractivity (Wildman–Crippen MR) is 84.8 cm³/mol. The molecule has 3 heterocycles. The van der Waals surface area contributed by atoms with Crippen LogP contribution in [0.4, 0.5) is 11.6 Å². The maximum absolute atomic E-state index is 4.53. The molecule has 2 aliphatic rings. The first kappa shape index (κ1) is 12.9. The molecule has 21 heavy (non-hydrogen) atoms. The number of hydrogen-bond acceptors (Lipinski definition) is 3. The zero-order chi connectivity index (χ0) is 14.1. The summed E-state index contributed by atoms with van der Waals surface area (Å²) in [7, 11) is 0. The van der Waals surface area contributed by atoms with E-state index >= 15 is 0 Å². The standard InChI is InChI=1S/C17H22N4/c1-2-6-14(7-3-1)19-17-18-10-13-21(17)16-9-12-20-11-5-4-8-15(16)20/h1-3,6-7,10,13,15-16H,4-5,8-9,11-12H2,(H,18,19). The molecule has 0 spiro atoms. The summed E-state index contributed by atoms with van der Waals surface area (Å²) < 4.78 is 2.35. The molecule has 2 aliphatic heterocycles. The number of imidazole rings is 1. The molecule has 2 atom stereocenters. The summed E-state index contributed by atoms with van der Waals surface area (Å²) in [6, 6.07) is 11.6. The van der Waals surface area contributed by atoms with Crippen molar-refractivity contribution >= 4 is 11.6 Å². The fraction of sp³-hybridized carbons (Fsp3) is 0.471. The molecule has 0 amide bonds. The van der Waals surface area contributed by atoms with E-state index in [-0.39, 0.29) is 0 Å². The van der Waals surface area contributed by atoms with E-state index in [1.165, 1.54) is 38.8 Å². The molecular weight excluding hydrogens is 260 g/mol. The molecule has 1 N–H and O–H groups in total. The summed E-state index contributed by atoms with van der Waals surface area (Å²) in [5.41, 5.74) is 1.10. The van der Waals surface area contributed by atoms with Gasteiger partial charge in [-0.15, -0.1) is 0 Å². The Hall–Kier alpha value is -1.81. The summed E-state index contributed by atoms with van der Waals surface area (Å²) >= 11 is 0. The molecule has 0 aliphatic carbocycles. The molecule has 1 aromatic heterocycles. The summed E-state index contributed by atoms with van der Waals surface area (Å²) in [6.07, 6.45) is 9.35. The van der Waals surface area contributed by atoms with Crippen molar-refractivity contribution < 1.29 is 0 Å². The van der Waals surface area contributed by atoms with Gasteiger partial charge in [0.15, 0.2) is 0 Å². The van der Waals surface area contributed by atoms with Crippen LogP contribution in [-0.4, -0.2) is 33.6 Å². The number of piperidine rings is 1. The van der Waals surface area contributed by atoms with Crippen LogP contribution in [0.3, 0.4) is 0 Å². The minimum atomic E-state index is 0.569. The minimum Gasteiger partial charge on any atom is -0.326 e. The van der Waals surface area contributed by atoms with Gasteiger partial charge < -0.3 is 9.88 Å². The summed E-state index contributed by atoms with van der Waals surface area (Å²) in [4.78, 5) is 7.19. The lowest BCUT2D eigenvalue weighted by Crippen LogP contribution is -2.37. The van der Waals surface area contributed by atoms with E-state index in [2.05, 4.69) is 38.1 Å². The number of rotatable bonds is 3. The average Bonchev–Trinajstić information content (AvgIpc) is 3.14. The van der Waals surface area contributed by atoms with E-state index in [1.807, 2.05) is 24.4 Å². The van der Waals surface area contributed by atoms with E-state index in [9.17, 15) is 0 Å². The van der Waals surface area contributed by atoms with Crippen LogP contribution in [-0.2, 0) is 0 Å². The Bertz CT molecular complexity index is 592. The van der Waals surface area contributed by atoms with E-state index in [0.29, 0.717) is 12.1 Å². The van der Waals surface area contributed by atoms with Crippen LogP contribution in [0.1, 0.15) is 31.7 Å². The lowest BCUT2D eigenvalue weighted by molar-refractivity contribution is 0.174. The number of benzene rings is 1. The van der Waals surface area contributed by atoms with Gasteiger partial charge in [-0.1, -0.05) is 24.6 Å². The highest BCUT2D eigenvalue weighted by Gasteiger charge is 2.37. The minimum absolute atomic E-state index is 0.569. The SMILES string of the molecule is c1ccc(Nc2nccn2C2CCN3CCCCC23)cc1. The van der Waals surface area contributed by atoms with Crippen molar-refractivity contribution in [1.82, 2.24) is 14.5 Å². The maximum Gasteiger partial charge on any atom is 0.207 e. The lowest BCUT2D eigenvalue weighted by Gasteiger charge is -2.33. The van der Waals surface area contributed by atoms with Crippen molar-refractivity contribution in [3.63, 3.8) is 0 Å². The van der Waals surface area contributed by atoms with E-state index < -0.39 is 0 Å². The zero-order valence-electron chi connectivity index (χ0n) is 12.3. The number of nitrogens with zero attached hydrogens (tertiary/aromatic N) is 3. The quantitative estimate of drug-likeness (QED) is 0.936. The molecule has 1 aromatic carbocycles. The topological polar surface area (TPSA) is 33.1 Å². The fourth-order valence-corrected chi connectivity index (χ4v) is 3.87. The number of nitrogens with one attached hydrogen (secondary N) is 1. The van der Waals surface area contributed by atoms with Crippen LogP contribution in [0.5, 0.6) is 0 Å². The molecule has 4 heteroatoms. The Morgan fingerprint density at radius 1 is 1.00 bits per heavy atom. The van der Waals surface area contributed by atoms with Crippen molar-refractivity contribution in [3.8, 4) is 0 Å². The van der Waals surface area contributed by atoms with Crippen molar-refractivity contribution in [2.45, 2.75) is 37.8 Å². The molecule has 110 valence electrons. The fourth-order valence-electron chi connectivity index (χ4n) is 3.87. The third kappa shape index (κ3) is 2.44. The summed E-state index contributed by atoms with van der Waals surface area (Å²) in [6.45, 7) is 2.51. The van der Waals surface area contributed by atoms with Gasteiger partial charge in [0.05, 0.1) is 6.04 Å². The summed E-state index contributed by atoms with van der Waals surface area (Å²) in [5, 5.41) is 3.46. The van der Waals surface area contributed by atoms with Gasteiger partial charge in [0, 0.05) is 30.7 Å². The molecule has 0 bridgehead atoms. The van der Waals surface area contributed by atoms with Crippen LogP contribution >= 0.6 is 0 Å². The first-order valence-electron chi connectivity index (χ1n) is 8.01. The smallest absolute Gasteiger partial charge is 0.207 e. The largest absolute Gasteiger partial charge is 0.326 e. The predicted octanol–water partition coefficient (Wildman–Crippen LogP) is 3.43. The van der Waals surface area contributed by atoms with E-state index in [1.54, 1.807) is 0 Å². The first-order chi connectivity index (χ1) is 10.4. The average molecular weight is 282 g/mol. The highest BCUT2D eigenvalue weighted by Crippen LogP contribution is 2.36. The highest BCUT2D eigenvalue weighted by atomic mass is 15.3. The highest BCUT2D eigenvalue weighted by molar-refractivity contribution is 5.53. The van der Waals surface area contributed by atoms with Crippen LogP contribution in [0.2, 0.25) is 0 Å². The molecule has 2 fully saturated rings. The second-order valence-corrected chi connectivity index (χ2v) is 6.10. The molecule has 2 saturated heterocycles. The van der Waals surface area contributed by atoms with Crippen LogP contribution in [0.25, 0.3) is 0 Å². The molecular formula is C17H22N4. The number of para-hydroxylation sites is 1. The van der Waals surface area contributed by atoms with Crippen molar-refractivity contribution in [3.05, 3.63) is 42.7 Å². The molecule has 4 nitrogen and oxygen atoms in total. The Kier molecular flexibility index (Phi) is 3.39. The number of anilines is 2. The molecule has 2 aromatic rings. The van der Waals surface area contributed by atoms with Gasteiger partial charge >= 0.3 is 0 Å². The van der Waals surface area contributed by atoms with Crippen LogP contribution in [0, 0.1) is 0 Å².